The minimum atomic E-state index is -0.281. The summed E-state index contributed by atoms with van der Waals surface area (Å²) in [5.74, 6) is -0.492. The number of thioether (sulfide) groups is 1. The van der Waals surface area contributed by atoms with Crippen LogP contribution < -0.4 is 10.6 Å². The summed E-state index contributed by atoms with van der Waals surface area (Å²) in [4.78, 5) is 36.6. The molecular weight excluding hydrogens is 346 g/mol. The molecule has 1 heterocycles. The van der Waals surface area contributed by atoms with Gasteiger partial charge in [0.05, 0.1) is 31.7 Å². The Morgan fingerprint density at radius 3 is 2.56 bits per heavy atom. The Labute approximate surface area is 153 Å². The second-order valence-electron chi connectivity index (χ2n) is 5.49. The summed E-state index contributed by atoms with van der Waals surface area (Å²) < 4.78 is 10.7. The molecule has 0 aliphatic carbocycles. The van der Waals surface area contributed by atoms with Gasteiger partial charge in [0.15, 0.2) is 0 Å². The predicted molar refractivity (Wildman–Crippen MR) is 96.4 cm³/mol. The van der Waals surface area contributed by atoms with E-state index in [1.807, 2.05) is 13.2 Å². The Hall–Kier alpha value is -1.16. The first-order valence-corrected chi connectivity index (χ1v) is 9.88. The molecule has 25 heavy (non-hydrogen) atoms. The van der Waals surface area contributed by atoms with Crippen molar-refractivity contribution in [1.82, 2.24) is 15.5 Å². The molecule has 0 aromatic heterocycles. The second-order valence-corrected chi connectivity index (χ2v) is 6.53. The first-order chi connectivity index (χ1) is 12.1. The minimum Gasteiger partial charge on any atom is -0.379 e. The average molecular weight is 375 g/mol. The van der Waals surface area contributed by atoms with E-state index in [0.717, 1.165) is 13.1 Å². The number of imide groups is 1. The maximum absolute atomic E-state index is 11.9. The van der Waals surface area contributed by atoms with Crippen molar-refractivity contribution in [3.63, 3.8) is 0 Å². The van der Waals surface area contributed by atoms with Crippen LogP contribution in [0.25, 0.3) is 0 Å². The lowest BCUT2D eigenvalue weighted by Gasteiger charge is -2.15. The molecule has 0 aromatic carbocycles. The number of hydrogen-bond acceptors (Lipinski definition) is 7. The zero-order valence-corrected chi connectivity index (χ0v) is 15.9. The lowest BCUT2D eigenvalue weighted by molar-refractivity contribution is -0.138. The van der Waals surface area contributed by atoms with E-state index >= 15 is 0 Å². The van der Waals surface area contributed by atoms with Crippen LogP contribution in [0, 0.1) is 0 Å². The van der Waals surface area contributed by atoms with Crippen LogP contribution >= 0.6 is 11.8 Å². The summed E-state index contributed by atoms with van der Waals surface area (Å²) in [5, 5.41) is 5.57. The van der Waals surface area contributed by atoms with Crippen LogP contribution in [0.4, 0.5) is 0 Å². The first kappa shape index (κ1) is 21.9. The van der Waals surface area contributed by atoms with E-state index in [0.29, 0.717) is 26.4 Å². The molecule has 2 N–H and O–H groups in total. The Kier molecular flexibility index (Phi) is 11.5. The molecule has 0 bridgehead atoms. The molecule has 3 amide bonds. The molecule has 144 valence electrons. The fourth-order valence-corrected chi connectivity index (χ4v) is 2.91. The number of ether oxygens (including phenoxy) is 2. The van der Waals surface area contributed by atoms with E-state index in [2.05, 4.69) is 10.6 Å². The number of carbonyl (C=O) groups excluding carboxylic acids is 3. The van der Waals surface area contributed by atoms with Crippen LogP contribution in [0.15, 0.2) is 0 Å². The molecule has 1 unspecified atom stereocenters. The topological polar surface area (TPSA) is 97.0 Å². The van der Waals surface area contributed by atoms with E-state index in [-0.39, 0.29) is 48.9 Å². The number of carbonyl (C=O) groups is 3. The van der Waals surface area contributed by atoms with Gasteiger partial charge >= 0.3 is 0 Å². The number of nitrogens with zero attached hydrogens (tertiary/aromatic N) is 1. The maximum Gasteiger partial charge on any atom is 0.242 e. The molecular formula is C16H29N3O5S. The summed E-state index contributed by atoms with van der Waals surface area (Å²) >= 11 is 1.38. The van der Waals surface area contributed by atoms with Crippen molar-refractivity contribution < 1.29 is 23.9 Å². The molecule has 8 nitrogen and oxygen atoms in total. The van der Waals surface area contributed by atoms with Crippen molar-refractivity contribution in [2.45, 2.75) is 25.0 Å². The van der Waals surface area contributed by atoms with Crippen LogP contribution in [0.2, 0.25) is 0 Å². The number of nitrogens with one attached hydrogen (secondary N) is 2. The van der Waals surface area contributed by atoms with Crippen molar-refractivity contribution in [1.29, 1.82) is 0 Å². The zero-order chi connectivity index (χ0) is 18.5. The third-order valence-electron chi connectivity index (χ3n) is 3.66. The Balaban J connectivity index is 1.99. The normalized spacial score (nSPS) is 17.4. The van der Waals surface area contributed by atoms with Gasteiger partial charge in [0, 0.05) is 32.5 Å². The Bertz CT molecular complexity index is 436. The van der Waals surface area contributed by atoms with Crippen LogP contribution in [0.3, 0.4) is 0 Å². The third kappa shape index (κ3) is 8.66. The van der Waals surface area contributed by atoms with E-state index < -0.39 is 0 Å². The van der Waals surface area contributed by atoms with E-state index in [1.165, 1.54) is 16.7 Å². The van der Waals surface area contributed by atoms with Gasteiger partial charge in [-0.25, -0.2) is 0 Å². The van der Waals surface area contributed by atoms with Crippen molar-refractivity contribution >= 4 is 29.5 Å². The van der Waals surface area contributed by atoms with Crippen molar-refractivity contribution in [3.05, 3.63) is 0 Å². The van der Waals surface area contributed by atoms with Gasteiger partial charge in [0.1, 0.15) is 0 Å². The first-order valence-electron chi connectivity index (χ1n) is 8.60. The standard InChI is InChI=1S/C16H29N3O5S/c1-3-17-6-9-24-11-10-23-8-4-14(20)18-5-7-19-15(21)12-13(25-2)16(19)22/h13,17H,3-12H2,1-2H3,(H,18,20). The van der Waals surface area contributed by atoms with Crippen LogP contribution in [0.1, 0.15) is 19.8 Å². The van der Waals surface area contributed by atoms with E-state index in [4.69, 9.17) is 9.47 Å². The van der Waals surface area contributed by atoms with Gasteiger partial charge in [0.25, 0.3) is 0 Å². The Morgan fingerprint density at radius 1 is 1.20 bits per heavy atom. The smallest absolute Gasteiger partial charge is 0.242 e. The van der Waals surface area contributed by atoms with E-state index in [9.17, 15) is 14.4 Å². The molecule has 9 heteroatoms. The van der Waals surface area contributed by atoms with Crippen LogP contribution in [-0.2, 0) is 23.9 Å². The minimum absolute atomic E-state index is 0.159. The number of likely N-dealkylation sites (tertiary alicyclic amines) is 1. The third-order valence-corrected chi connectivity index (χ3v) is 4.60. The molecule has 0 radical (unpaired) electrons. The van der Waals surface area contributed by atoms with Gasteiger partial charge in [-0.2, -0.15) is 11.8 Å². The Morgan fingerprint density at radius 2 is 1.92 bits per heavy atom. The summed E-state index contributed by atoms with van der Waals surface area (Å²) in [5.41, 5.74) is 0. The highest BCUT2D eigenvalue weighted by Gasteiger charge is 2.37. The highest BCUT2D eigenvalue weighted by atomic mass is 32.2. The SMILES string of the molecule is CCNCCOCCOCCC(=O)NCCN1C(=O)CC(SC)C1=O. The van der Waals surface area contributed by atoms with Crippen LogP contribution in [-0.4, -0.2) is 86.7 Å². The maximum atomic E-state index is 11.9. The lowest BCUT2D eigenvalue weighted by atomic mass is 10.4. The highest BCUT2D eigenvalue weighted by molar-refractivity contribution is 8.00. The van der Waals surface area contributed by atoms with E-state index in [1.54, 1.807) is 0 Å². The van der Waals surface area contributed by atoms with Crippen molar-refractivity contribution in [3.8, 4) is 0 Å². The quantitative estimate of drug-likeness (QED) is 0.316. The molecule has 1 aliphatic heterocycles. The van der Waals surface area contributed by atoms with Crippen molar-refractivity contribution in [2.75, 3.05) is 58.9 Å². The number of amides is 3. The average Bonchev–Trinajstić information content (AvgIpc) is 2.87. The summed E-state index contributed by atoms with van der Waals surface area (Å²) in [6.07, 6.45) is 2.30. The number of hydrogen-bond donors (Lipinski definition) is 2. The van der Waals surface area contributed by atoms with Gasteiger partial charge < -0.3 is 20.1 Å². The fraction of sp³-hybridized carbons (Fsp3) is 0.812. The summed E-state index contributed by atoms with van der Waals surface area (Å²) in [6.45, 7) is 6.18. The molecule has 0 spiro atoms. The number of likely N-dealkylation sites (N-methyl/N-ethyl adjacent to an activating group) is 1. The molecule has 1 rings (SSSR count). The second kappa shape index (κ2) is 13.1. The molecule has 0 saturated carbocycles. The summed E-state index contributed by atoms with van der Waals surface area (Å²) in [6, 6.07) is 0. The van der Waals surface area contributed by atoms with Gasteiger partial charge in [-0.15, -0.1) is 0 Å². The molecule has 1 fully saturated rings. The lowest BCUT2D eigenvalue weighted by Crippen LogP contribution is -2.39. The monoisotopic (exact) mass is 375 g/mol. The highest BCUT2D eigenvalue weighted by Crippen LogP contribution is 2.22. The predicted octanol–water partition coefficient (Wildman–Crippen LogP) is -0.374. The fourth-order valence-electron chi connectivity index (χ4n) is 2.28. The largest absolute Gasteiger partial charge is 0.379 e. The van der Waals surface area contributed by atoms with Crippen molar-refractivity contribution in [2.24, 2.45) is 0 Å². The molecule has 1 saturated heterocycles. The molecule has 0 aromatic rings. The van der Waals surface area contributed by atoms with Crippen LogP contribution in [0.5, 0.6) is 0 Å². The van der Waals surface area contributed by atoms with Gasteiger partial charge in [-0.05, 0) is 12.8 Å². The zero-order valence-electron chi connectivity index (χ0n) is 15.0. The number of rotatable bonds is 14. The van der Waals surface area contributed by atoms with Gasteiger partial charge in [0.2, 0.25) is 17.7 Å². The summed E-state index contributed by atoms with van der Waals surface area (Å²) in [7, 11) is 0. The molecule has 1 atom stereocenters. The van der Waals surface area contributed by atoms with Gasteiger partial charge in [-0.3, -0.25) is 19.3 Å². The van der Waals surface area contributed by atoms with Gasteiger partial charge in [-0.1, -0.05) is 6.92 Å². The molecule has 1 aliphatic rings.